The van der Waals surface area contributed by atoms with Gasteiger partial charge in [0.1, 0.15) is 5.82 Å². The summed E-state index contributed by atoms with van der Waals surface area (Å²) in [4.78, 5) is 19.2. The number of hydrogen-bond acceptors (Lipinski definition) is 4. The molecule has 1 aromatic carbocycles. The molecule has 1 aromatic heterocycles. The summed E-state index contributed by atoms with van der Waals surface area (Å²) in [5.74, 6) is 0.104. The number of nitrogens with zero attached hydrogens (tertiary/aromatic N) is 1. The predicted molar refractivity (Wildman–Crippen MR) is 85.1 cm³/mol. The molecule has 0 atom stereocenters. The molecule has 7 heteroatoms. The number of para-hydroxylation sites is 1. The zero-order valence-corrected chi connectivity index (χ0v) is 12.6. The van der Waals surface area contributed by atoms with Crippen LogP contribution in [0.4, 0.5) is 5.69 Å². The lowest BCUT2D eigenvalue weighted by Crippen LogP contribution is -2.19. The van der Waals surface area contributed by atoms with Crippen molar-refractivity contribution in [1.82, 2.24) is 9.97 Å². The maximum absolute atomic E-state index is 11.8. The Hall–Kier alpha value is -2.41. The molecule has 110 valence electrons. The van der Waals surface area contributed by atoms with Crippen molar-refractivity contribution in [3.8, 4) is 11.4 Å². The second-order valence-corrected chi connectivity index (χ2v) is 4.75. The summed E-state index contributed by atoms with van der Waals surface area (Å²) in [5.41, 5.74) is 7.92. The highest BCUT2D eigenvalue weighted by Crippen LogP contribution is 2.26. The highest BCUT2D eigenvalue weighted by atomic mass is 32.1. The van der Waals surface area contributed by atoms with Crippen molar-refractivity contribution in [2.75, 3.05) is 11.9 Å². The molecule has 1 heterocycles. The molecular weight excluding hydrogens is 288 g/mol. The SMILES string of the molecule is CCOC(=O)c1nc(-c2ccccc2NC(N)=S)[nH]c1C. The minimum absolute atomic E-state index is 0.163. The summed E-state index contributed by atoms with van der Waals surface area (Å²) in [6.07, 6.45) is 0. The molecule has 0 unspecified atom stereocenters. The Kier molecular flexibility index (Phi) is 4.54. The van der Waals surface area contributed by atoms with E-state index in [9.17, 15) is 4.79 Å². The predicted octanol–water partition coefficient (Wildman–Crippen LogP) is 2.22. The summed E-state index contributed by atoms with van der Waals surface area (Å²) in [6, 6.07) is 7.40. The number of nitrogens with one attached hydrogen (secondary N) is 2. The first-order valence-electron chi connectivity index (χ1n) is 6.42. The van der Waals surface area contributed by atoms with Crippen LogP contribution in [0.2, 0.25) is 0 Å². The first-order valence-corrected chi connectivity index (χ1v) is 6.83. The van der Waals surface area contributed by atoms with Crippen LogP contribution in [-0.4, -0.2) is 27.7 Å². The van der Waals surface area contributed by atoms with E-state index >= 15 is 0 Å². The third-order valence-corrected chi connectivity index (χ3v) is 2.90. The molecule has 6 nitrogen and oxygen atoms in total. The molecular formula is C14H16N4O2S. The van der Waals surface area contributed by atoms with Crippen LogP contribution in [0, 0.1) is 6.92 Å². The number of nitrogens with two attached hydrogens (primary N) is 1. The Morgan fingerprint density at radius 1 is 1.48 bits per heavy atom. The van der Waals surface area contributed by atoms with E-state index in [0.29, 0.717) is 23.8 Å². The topological polar surface area (TPSA) is 93.0 Å². The standard InChI is InChI=1S/C14H16N4O2S/c1-3-20-13(19)11-8(2)16-12(18-11)9-6-4-5-7-10(9)17-14(15)21/h4-7H,3H2,1-2H3,(H,16,18)(H3,15,17,21). The zero-order chi connectivity index (χ0) is 15.4. The van der Waals surface area contributed by atoms with Crippen molar-refractivity contribution in [1.29, 1.82) is 0 Å². The van der Waals surface area contributed by atoms with Crippen molar-refractivity contribution in [3.05, 3.63) is 35.7 Å². The third kappa shape index (κ3) is 3.38. The van der Waals surface area contributed by atoms with E-state index in [1.54, 1.807) is 13.8 Å². The van der Waals surface area contributed by atoms with Gasteiger partial charge in [0.25, 0.3) is 0 Å². The number of aromatic nitrogens is 2. The van der Waals surface area contributed by atoms with Gasteiger partial charge in [-0.15, -0.1) is 0 Å². The lowest BCUT2D eigenvalue weighted by atomic mass is 10.1. The van der Waals surface area contributed by atoms with Gasteiger partial charge >= 0.3 is 5.97 Å². The summed E-state index contributed by atoms with van der Waals surface area (Å²) >= 11 is 4.86. The third-order valence-electron chi connectivity index (χ3n) is 2.79. The Balaban J connectivity index is 2.41. The molecule has 0 saturated heterocycles. The van der Waals surface area contributed by atoms with Crippen LogP contribution in [0.1, 0.15) is 23.1 Å². The maximum Gasteiger partial charge on any atom is 0.358 e. The Morgan fingerprint density at radius 3 is 2.86 bits per heavy atom. The van der Waals surface area contributed by atoms with Gasteiger partial charge in [0.05, 0.1) is 12.3 Å². The Bertz CT molecular complexity index is 681. The summed E-state index contributed by atoms with van der Waals surface area (Å²) in [5, 5.41) is 3.05. The first kappa shape index (κ1) is 15.0. The molecule has 0 spiro atoms. The monoisotopic (exact) mass is 304 g/mol. The molecule has 0 aliphatic carbocycles. The molecule has 0 saturated carbocycles. The van der Waals surface area contributed by atoms with Crippen LogP contribution < -0.4 is 11.1 Å². The van der Waals surface area contributed by atoms with Gasteiger partial charge in [0, 0.05) is 11.3 Å². The number of benzene rings is 1. The maximum atomic E-state index is 11.8. The molecule has 2 aromatic rings. The number of H-pyrrole nitrogens is 1. The fraction of sp³-hybridized carbons (Fsp3) is 0.214. The lowest BCUT2D eigenvalue weighted by molar-refractivity contribution is 0.0519. The molecule has 0 fully saturated rings. The second kappa shape index (κ2) is 6.36. The average Bonchev–Trinajstić information content (AvgIpc) is 2.81. The summed E-state index contributed by atoms with van der Waals surface area (Å²) in [7, 11) is 0. The van der Waals surface area contributed by atoms with Gasteiger partial charge in [-0.05, 0) is 38.2 Å². The lowest BCUT2D eigenvalue weighted by Gasteiger charge is -2.08. The highest BCUT2D eigenvalue weighted by Gasteiger charge is 2.18. The fourth-order valence-electron chi connectivity index (χ4n) is 1.92. The van der Waals surface area contributed by atoms with E-state index in [1.807, 2.05) is 24.3 Å². The number of ether oxygens (including phenoxy) is 1. The first-order chi connectivity index (χ1) is 10.0. The van der Waals surface area contributed by atoms with Crippen LogP contribution in [-0.2, 0) is 4.74 Å². The van der Waals surface area contributed by atoms with E-state index in [4.69, 9.17) is 22.7 Å². The van der Waals surface area contributed by atoms with Gasteiger partial charge in [-0.2, -0.15) is 0 Å². The largest absolute Gasteiger partial charge is 0.461 e. The van der Waals surface area contributed by atoms with Crippen molar-refractivity contribution in [3.63, 3.8) is 0 Å². The van der Waals surface area contributed by atoms with Crippen LogP contribution in [0.3, 0.4) is 0 Å². The molecule has 0 bridgehead atoms. The van der Waals surface area contributed by atoms with E-state index in [-0.39, 0.29) is 10.8 Å². The number of carbonyl (C=O) groups is 1. The highest BCUT2D eigenvalue weighted by molar-refractivity contribution is 7.80. The van der Waals surface area contributed by atoms with Crippen LogP contribution in [0.25, 0.3) is 11.4 Å². The van der Waals surface area contributed by atoms with Gasteiger partial charge in [-0.1, -0.05) is 12.1 Å². The molecule has 0 aliphatic rings. The smallest absolute Gasteiger partial charge is 0.358 e. The number of carbonyl (C=O) groups excluding carboxylic acids is 1. The van der Waals surface area contributed by atoms with Crippen molar-refractivity contribution < 1.29 is 9.53 Å². The Morgan fingerprint density at radius 2 is 2.19 bits per heavy atom. The van der Waals surface area contributed by atoms with Gasteiger partial charge in [0.15, 0.2) is 10.8 Å². The van der Waals surface area contributed by atoms with Gasteiger partial charge in [-0.3, -0.25) is 0 Å². The number of thiocarbonyl (C=S) groups is 1. The second-order valence-electron chi connectivity index (χ2n) is 4.31. The average molecular weight is 304 g/mol. The van der Waals surface area contributed by atoms with Crippen LogP contribution >= 0.6 is 12.2 Å². The van der Waals surface area contributed by atoms with Crippen molar-refractivity contribution >= 4 is 29.0 Å². The number of anilines is 1. The normalized spacial score (nSPS) is 10.2. The number of hydrogen-bond donors (Lipinski definition) is 3. The minimum atomic E-state index is -0.447. The minimum Gasteiger partial charge on any atom is -0.461 e. The van der Waals surface area contributed by atoms with E-state index in [0.717, 1.165) is 5.56 Å². The summed E-state index contributed by atoms with van der Waals surface area (Å²) < 4.78 is 4.97. The van der Waals surface area contributed by atoms with E-state index < -0.39 is 5.97 Å². The summed E-state index contributed by atoms with van der Waals surface area (Å²) in [6.45, 7) is 3.83. The van der Waals surface area contributed by atoms with E-state index in [2.05, 4.69) is 15.3 Å². The van der Waals surface area contributed by atoms with Crippen LogP contribution in [0.5, 0.6) is 0 Å². The number of rotatable bonds is 4. The van der Waals surface area contributed by atoms with Crippen LogP contribution in [0.15, 0.2) is 24.3 Å². The molecule has 0 aliphatic heterocycles. The number of imidazole rings is 1. The van der Waals surface area contributed by atoms with Crippen molar-refractivity contribution in [2.45, 2.75) is 13.8 Å². The van der Waals surface area contributed by atoms with Gasteiger partial charge in [0.2, 0.25) is 0 Å². The van der Waals surface area contributed by atoms with E-state index in [1.165, 1.54) is 0 Å². The molecule has 2 rings (SSSR count). The zero-order valence-electron chi connectivity index (χ0n) is 11.8. The van der Waals surface area contributed by atoms with Gasteiger partial charge in [-0.25, -0.2) is 9.78 Å². The van der Waals surface area contributed by atoms with Gasteiger partial charge < -0.3 is 20.8 Å². The quantitative estimate of drug-likeness (QED) is 0.592. The fourth-order valence-corrected chi connectivity index (χ4v) is 2.03. The molecule has 0 amide bonds. The number of aromatic amines is 1. The molecule has 0 radical (unpaired) electrons. The molecule has 21 heavy (non-hydrogen) atoms. The number of aryl methyl sites for hydroxylation is 1. The Labute approximate surface area is 127 Å². The number of esters is 1. The molecule has 4 N–H and O–H groups in total. The van der Waals surface area contributed by atoms with Crippen molar-refractivity contribution in [2.24, 2.45) is 5.73 Å².